The Morgan fingerprint density at radius 1 is 0.842 bits per heavy atom. The number of amides is 1. The zero-order chi connectivity index (χ0) is 27.5. The van der Waals surface area contributed by atoms with Crippen molar-refractivity contribution in [3.05, 3.63) is 65.2 Å². The van der Waals surface area contributed by atoms with Crippen molar-refractivity contribution in [2.24, 2.45) is 0 Å². The molecule has 3 rings (SSSR count). The molecule has 1 aliphatic heterocycles. The van der Waals surface area contributed by atoms with Gasteiger partial charge in [-0.1, -0.05) is 46.2 Å². The van der Waals surface area contributed by atoms with Gasteiger partial charge < -0.3 is 24.4 Å². The number of unbranched alkanes of at least 4 members (excludes halogenated alkanes) is 1. The van der Waals surface area contributed by atoms with E-state index < -0.39 is 17.7 Å². The molecule has 206 valence electrons. The van der Waals surface area contributed by atoms with Gasteiger partial charge in [0.25, 0.3) is 11.7 Å². The van der Waals surface area contributed by atoms with Crippen LogP contribution in [-0.4, -0.2) is 66.0 Å². The third-order valence-corrected chi connectivity index (χ3v) is 6.87. The molecule has 1 amide bonds. The van der Waals surface area contributed by atoms with Gasteiger partial charge in [0.05, 0.1) is 24.8 Å². The molecule has 0 radical (unpaired) electrons. The molecule has 2 aromatic carbocycles. The molecule has 38 heavy (non-hydrogen) atoms. The predicted octanol–water partition coefficient (Wildman–Crippen LogP) is 5.81. The van der Waals surface area contributed by atoms with Crippen LogP contribution in [0.2, 0.25) is 0 Å². The number of hydrogen-bond donors (Lipinski definition) is 1. The molecule has 2 aromatic rings. The van der Waals surface area contributed by atoms with Crippen LogP contribution in [0, 0.1) is 0 Å². The number of ketones is 1. The summed E-state index contributed by atoms with van der Waals surface area (Å²) in [6.45, 7) is 12.7. The van der Waals surface area contributed by atoms with Crippen LogP contribution in [0.15, 0.2) is 54.1 Å². The molecule has 1 unspecified atom stereocenters. The molecule has 1 saturated heterocycles. The molecular formula is C31H42N2O5. The third-order valence-electron chi connectivity index (χ3n) is 6.87. The van der Waals surface area contributed by atoms with E-state index in [1.807, 2.05) is 31.2 Å². The van der Waals surface area contributed by atoms with Crippen LogP contribution in [0.25, 0.3) is 5.76 Å². The number of aliphatic hydroxyl groups excluding tert-OH is 1. The predicted molar refractivity (Wildman–Crippen MR) is 150 cm³/mol. The summed E-state index contributed by atoms with van der Waals surface area (Å²) in [5, 5.41) is 11.3. The maximum absolute atomic E-state index is 13.3. The minimum atomic E-state index is -0.674. The summed E-state index contributed by atoms with van der Waals surface area (Å²) >= 11 is 0. The van der Waals surface area contributed by atoms with Crippen LogP contribution in [0.4, 0.5) is 0 Å². The number of rotatable bonds is 15. The zero-order valence-electron chi connectivity index (χ0n) is 23.2. The van der Waals surface area contributed by atoms with E-state index in [9.17, 15) is 14.7 Å². The molecule has 7 nitrogen and oxygen atoms in total. The molecule has 0 spiro atoms. The summed E-state index contributed by atoms with van der Waals surface area (Å²) in [5.74, 6) is 0.0101. The van der Waals surface area contributed by atoms with E-state index in [1.54, 1.807) is 29.2 Å². The fourth-order valence-electron chi connectivity index (χ4n) is 4.63. The van der Waals surface area contributed by atoms with E-state index in [4.69, 9.17) is 9.47 Å². The average Bonchev–Trinajstić information content (AvgIpc) is 3.19. The van der Waals surface area contributed by atoms with E-state index in [1.165, 1.54) is 0 Å². The summed E-state index contributed by atoms with van der Waals surface area (Å²) in [5.41, 5.74) is 1.35. The Hall–Kier alpha value is -3.32. The molecule has 0 saturated carbocycles. The van der Waals surface area contributed by atoms with Gasteiger partial charge >= 0.3 is 0 Å². The lowest BCUT2D eigenvalue weighted by Gasteiger charge is -2.27. The second-order valence-corrected chi connectivity index (χ2v) is 9.52. The van der Waals surface area contributed by atoms with Gasteiger partial charge in [0, 0.05) is 12.1 Å². The molecule has 0 aliphatic carbocycles. The quantitative estimate of drug-likeness (QED) is 0.138. The van der Waals surface area contributed by atoms with Gasteiger partial charge in [-0.2, -0.15) is 0 Å². The maximum Gasteiger partial charge on any atom is 0.295 e. The van der Waals surface area contributed by atoms with Crippen LogP contribution in [0.5, 0.6) is 11.5 Å². The SMILES string of the molecule is CCCCOc1ccc(C2C(=C(O)c3ccc(OCCC)cc3)C(=O)C(=O)N2CCCN(CC)CC)cc1. The highest BCUT2D eigenvalue weighted by molar-refractivity contribution is 6.46. The number of ether oxygens (including phenoxy) is 2. The summed E-state index contributed by atoms with van der Waals surface area (Å²) < 4.78 is 11.5. The molecule has 1 fully saturated rings. The Labute approximate surface area is 227 Å². The second-order valence-electron chi connectivity index (χ2n) is 9.52. The molecule has 1 heterocycles. The first-order valence-corrected chi connectivity index (χ1v) is 13.9. The first-order chi connectivity index (χ1) is 18.4. The highest BCUT2D eigenvalue weighted by Crippen LogP contribution is 2.40. The zero-order valence-corrected chi connectivity index (χ0v) is 23.2. The van der Waals surface area contributed by atoms with E-state index >= 15 is 0 Å². The minimum Gasteiger partial charge on any atom is -0.507 e. The summed E-state index contributed by atoms with van der Waals surface area (Å²) in [7, 11) is 0. The molecule has 1 aliphatic rings. The van der Waals surface area contributed by atoms with Crippen LogP contribution in [-0.2, 0) is 9.59 Å². The van der Waals surface area contributed by atoms with Crippen LogP contribution >= 0.6 is 0 Å². The fraction of sp³-hybridized carbons (Fsp3) is 0.484. The molecule has 1 atom stereocenters. The van der Waals surface area contributed by atoms with E-state index in [0.29, 0.717) is 31.1 Å². The first kappa shape index (κ1) is 29.2. The molecule has 0 bridgehead atoms. The Bertz CT molecular complexity index is 1070. The standard InChI is InChI=1S/C31H42N2O5/c1-5-9-22-38-26-15-11-23(12-16-26)28-27(29(34)24-13-17-25(18-14-24)37-21-6-2)30(35)31(36)33(28)20-10-19-32(7-3)8-4/h11-18,28,34H,5-10,19-22H2,1-4H3. The van der Waals surface area contributed by atoms with Gasteiger partial charge in [-0.3, -0.25) is 9.59 Å². The molecule has 7 heteroatoms. The van der Waals surface area contributed by atoms with Crippen molar-refractivity contribution in [3.63, 3.8) is 0 Å². The lowest BCUT2D eigenvalue weighted by Crippen LogP contribution is -2.33. The van der Waals surface area contributed by atoms with Crippen molar-refractivity contribution < 1.29 is 24.2 Å². The van der Waals surface area contributed by atoms with Crippen molar-refractivity contribution in [2.45, 2.75) is 59.4 Å². The number of hydrogen-bond acceptors (Lipinski definition) is 6. The largest absolute Gasteiger partial charge is 0.507 e. The van der Waals surface area contributed by atoms with E-state index in [0.717, 1.165) is 56.6 Å². The smallest absolute Gasteiger partial charge is 0.295 e. The fourth-order valence-corrected chi connectivity index (χ4v) is 4.63. The topological polar surface area (TPSA) is 79.3 Å². The normalized spacial score (nSPS) is 16.9. The van der Waals surface area contributed by atoms with Crippen LogP contribution < -0.4 is 9.47 Å². The summed E-state index contributed by atoms with van der Waals surface area (Å²) in [6.07, 6.45) is 3.64. The average molecular weight is 523 g/mol. The van der Waals surface area contributed by atoms with Crippen molar-refractivity contribution in [1.29, 1.82) is 0 Å². The number of benzene rings is 2. The van der Waals surface area contributed by atoms with Crippen molar-refractivity contribution in [2.75, 3.05) is 39.4 Å². The van der Waals surface area contributed by atoms with Crippen molar-refractivity contribution >= 4 is 17.4 Å². The maximum atomic E-state index is 13.3. The van der Waals surface area contributed by atoms with Crippen molar-refractivity contribution in [3.8, 4) is 11.5 Å². The van der Waals surface area contributed by atoms with Crippen LogP contribution in [0.3, 0.4) is 0 Å². The van der Waals surface area contributed by atoms with Gasteiger partial charge in [0.1, 0.15) is 17.3 Å². The van der Waals surface area contributed by atoms with Gasteiger partial charge in [0.15, 0.2) is 0 Å². The summed E-state index contributed by atoms with van der Waals surface area (Å²) in [4.78, 5) is 30.4. The lowest BCUT2D eigenvalue weighted by atomic mass is 9.95. The van der Waals surface area contributed by atoms with E-state index in [2.05, 4.69) is 25.7 Å². The number of aliphatic hydroxyl groups is 1. The van der Waals surface area contributed by atoms with Gasteiger partial charge in [-0.05, 0) is 80.9 Å². The highest BCUT2D eigenvalue weighted by atomic mass is 16.5. The van der Waals surface area contributed by atoms with Gasteiger partial charge in [-0.25, -0.2) is 0 Å². The highest BCUT2D eigenvalue weighted by Gasteiger charge is 2.45. The third kappa shape index (κ3) is 7.16. The number of carbonyl (C=O) groups is 2. The first-order valence-electron chi connectivity index (χ1n) is 13.9. The monoisotopic (exact) mass is 522 g/mol. The second kappa shape index (κ2) is 14.6. The molecular weight excluding hydrogens is 480 g/mol. The lowest BCUT2D eigenvalue weighted by molar-refractivity contribution is -0.140. The molecule has 1 N–H and O–H groups in total. The number of likely N-dealkylation sites (tertiary alicyclic amines) is 1. The minimum absolute atomic E-state index is 0.111. The Morgan fingerprint density at radius 3 is 2.03 bits per heavy atom. The van der Waals surface area contributed by atoms with E-state index in [-0.39, 0.29) is 11.3 Å². The Balaban J connectivity index is 1.95. The van der Waals surface area contributed by atoms with Crippen molar-refractivity contribution in [1.82, 2.24) is 9.80 Å². The Morgan fingerprint density at radius 2 is 1.45 bits per heavy atom. The number of carbonyl (C=O) groups excluding carboxylic acids is 2. The van der Waals surface area contributed by atoms with Gasteiger partial charge in [0.2, 0.25) is 0 Å². The summed E-state index contributed by atoms with van der Waals surface area (Å²) in [6, 6.07) is 13.8. The van der Waals surface area contributed by atoms with Crippen LogP contribution in [0.1, 0.15) is 70.5 Å². The number of nitrogens with zero attached hydrogens (tertiary/aromatic N) is 2. The van der Waals surface area contributed by atoms with Gasteiger partial charge in [-0.15, -0.1) is 0 Å². The number of Topliss-reactive ketones (excluding diaryl/α,β-unsaturated/α-hetero) is 1. The Kier molecular flexibility index (Phi) is 11.2. The molecule has 0 aromatic heterocycles.